The zero-order chi connectivity index (χ0) is 29.9. The molecule has 0 radical (unpaired) electrons. The Morgan fingerprint density at radius 2 is 1.62 bits per heavy atom. The first-order valence-corrected chi connectivity index (χ1v) is 19.6. The number of benzene rings is 2. The number of ether oxygens (including phenoxy) is 2. The Labute approximate surface area is 257 Å². The zero-order valence-electron chi connectivity index (χ0n) is 26.5. The third-order valence-corrected chi connectivity index (χ3v) is 15.6. The van der Waals surface area contributed by atoms with Crippen molar-refractivity contribution in [2.75, 3.05) is 33.4 Å². The minimum Gasteiger partial charge on any atom is -0.497 e. The minimum atomic E-state index is -1.80. The van der Waals surface area contributed by atoms with E-state index in [1.807, 2.05) is 30.3 Å². The Kier molecular flexibility index (Phi) is 9.82. The summed E-state index contributed by atoms with van der Waals surface area (Å²) < 4.78 is 19.5. The van der Waals surface area contributed by atoms with Crippen LogP contribution in [0, 0.1) is 0 Å². The molecule has 5 rings (SSSR count). The fourth-order valence-corrected chi connectivity index (χ4v) is 8.93. The van der Waals surface area contributed by atoms with Crippen LogP contribution >= 0.6 is 11.3 Å². The molecular weight excluding hydrogens is 559 g/mol. The normalized spacial score (nSPS) is 20.5. The number of nitrogens with zero attached hydrogens (tertiary/aromatic N) is 1. The minimum absolute atomic E-state index is 0.0981. The third-order valence-electron chi connectivity index (χ3n) is 9.71. The number of methoxy groups -OCH3 is 1. The van der Waals surface area contributed by atoms with Gasteiger partial charge in [0.15, 0.2) is 14.1 Å². The summed E-state index contributed by atoms with van der Waals surface area (Å²) in [5, 5.41) is 1.24. The van der Waals surface area contributed by atoms with Crippen molar-refractivity contribution >= 4 is 35.5 Å². The Morgan fingerprint density at radius 3 is 2.26 bits per heavy atom. The lowest BCUT2D eigenvalue weighted by atomic mass is 9.84. The lowest BCUT2D eigenvalue weighted by molar-refractivity contribution is 0.103. The van der Waals surface area contributed by atoms with Gasteiger partial charge in [-0.1, -0.05) is 27.2 Å². The summed E-state index contributed by atoms with van der Waals surface area (Å²) in [4.78, 5) is 17.8. The van der Waals surface area contributed by atoms with Crippen LogP contribution in [0.1, 0.15) is 92.4 Å². The molecule has 0 spiro atoms. The van der Waals surface area contributed by atoms with E-state index in [1.165, 1.54) is 37.2 Å². The maximum atomic E-state index is 14.1. The van der Waals surface area contributed by atoms with Crippen LogP contribution in [0.25, 0.3) is 10.1 Å². The van der Waals surface area contributed by atoms with E-state index in [4.69, 9.17) is 13.9 Å². The molecule has 1 aliphatic carbocycles. The van der Waals surface area contributed by atoms with Gasteiger partial charge in [-0.3, -0.25) is 9.69 Å². The number of likely N-dealkylation sites (tertiary alicyclic amines) is 1. The van der Waals surface area contributed by atoms with Crippen LogP contribution in [0.15, 0.2) is 42.5 Å². The molecule has 1 saturated heterocycles. The van der Waals surface area contributed by atoms with E-state index in [-0.39, 0.29) is 10.8 Å². The predicted octanol–water partition coefficient (Wildman–Crippen LogP) is 9.05. The van der Waals surface area contributed by atoms with Crippen LogP contribution in [0.5, 0.6) is 11.5 Å². The smallest absolute Gasteiger partial charge is 0.194 e. The van der Waals surface area contributed by atoms with Crippen molar-refractivity contribution in [3.05, 3.63) is 58.5 Å². The van der Waals surface area contributed by atoms with Crippen molar-refractivity contribution in [1.82, 2.24) is 4.90 Å². The average Bonchev–Trinajstić information content (AvgIpc) is 3.36. The Bertz CT molecular complexity index is 1350. The molecule has 2 aliphatic rings. The van der Waals surface area contributed by atoms with Crippen LogP contribution in [0.3, 0.4) is 0 Å². The van der Waals surface area contributed by atoms with E-state index in [1.54, 1.807) is 18.4 Å². The van der Waals surface area contributed by atoms with E-state index in [9.17, 15) is 4.79 Å². The first kappa shape index (κ1) is 31.2. The maximum Gasteiger partial charge on any atom is 0.194 e. The van der Waals surface area contributed by atoms with E-state index in [0.717, 1.165) is 59.4 Å². The standard InChI is InChI=1S/C35H49NO4SSi/c1-35(2,3)42(5,6)40-28-16-12-26(13-17-28)34-32(30-19-18-29(38-4)24-31(30)41-34)33(37)25-10-14-27(15-11-25)39-23-22-36-20-8-7-9-21-36/h10-11,14-15,18-19,24,26,28H,7-9,12-13,16-17,20-23H2,1-6H3. The maximum absolute atomic E-state index is 14.1. The molecule has 1 aromatic heterocycles. The highest BCUT2D eigenvalue weighted by molar-refractivity contribution is 7.19. The molecule has 2 fully saturated rings. The van der Waals surface area contributed by atoms with E-state index in [2.05, 4.69) is 50.9 Å². The van der Waals surface area contributed by atoms with E-state index in [0.29, 0.717) is 24.2 Å². The number of hydrogen-bond acceptors (Lipinski definition) is 6. The number of thiophene rings is 1. The number of piperidine rings is 1. The molecule has 2 aromatic carbocycles. The molecule has 1 aliphatic heterocycles. The molecule has 5 nitrogen and oxygen atoms in total. The van der Waals surface area contributed by atoms with Crippen molar-refractivity contribution in [2.45, 2.75) is 95.9 Å². The fourth-order valence-electron chi connectivity index (χ4n) is 6.10. The second-order valence-corrected chi connectivity index (χ2v) is 19.5. The summed E-state index contributed by atoms with van der Waals surface area (Å²) in [6, 6.07) is 13.9. The largest absolute Gasteiger partial charge is 0.497 e. The van der Waals surface area contributed by atoms with Gasteiger partial charge in [-0.2, -0.15) is 0 Å². The molecule has 7 heteroatoms. The van der Waals surface area contributed by atoms with Crippen LogP contribution < -0.4 is 9.47 Å². The van der Waals surface area contributed by atoms with Crippen molar-refractivity contribution in [3.63, 3.8) is 0 Å². The summed E-state index contributed by atoms with van der Waals surface area (Å²) in [6.45, 7) is 15.6. The number of rotatable bonds is 10. The first-order valence-electron chi connectivity index (χ1n) is 15.8. The second-order valence-electron chi connectivity index (χ2n) is 13.7. The van der Waals surface area contributed by atoms with Gasteiger partial charge in [0.2, 0.25) is 0 Å². The molecule has 0 bridgehead atoms. The zero-order valence-corrected chi connectivity index (χ0v) is 28.3. The summed E-state index contributed by atoms with van der Waals surface area (Å²) in [5.41, 5.74) is 1.58. The van der Waals surface area contributed by atoms with Gasteiger partial charge in [-0.25, -0.2) is 0 Å². The van der Waals surface area contributed by atoms with Crippen LogP contribution in [0.4, 0.5) is 0 Å². The van der Waals surface area contributed by atoms with Gasteiger partial charge in [-0.15, -0.1) is 11.3 Å². The highest BCUT2D eigenvalue weighted by Gasteiger charge is 2.40. The van der Waals surface area contributed by atoms with Crippen molar-refractivity contribution in [3.8, 4) is 11.5 Å². The van der Waals surface area contributed by atoms with E-state index >= 15 is 0 Å². The SMILES string of the molecule is COc1ccc2c(C(=O)c3ccc(OCCN4CCCCC4)cc3)c(C3CCC(O[Si](C)(C)C(C)(C)C)CC3)sc2c1. The van der Waals surface area contributed by atoms with Gasteiger partial charge in [0.25, 0.3) is 0 Å². The van der Waals surface area contributed by atoms with Gasteiger partial charge >= 0.3 is 0 Å². The number of fused-ring (bicyclic) bond motifs is 1. The number of carbonyl (C=O) groups is 1. The monoisotopic (exact) mass is 607 g/mol. The van der Waals surface area contributed by atoms with Gasteiger partial charge in [0, 0.05) is 38.7 Å². The average molecular weight is 608 g/mol. The van der Waals surface area contributed by atoms with Crippen molar-refractivity contribution in [2.24, 2.45) is 0 Å². The molecular formula is C35H49NO4SSi. The summed E-state index contributed by atoms with van der Waals surface area (Å²) in [6.07, 6.45) is 8.43. The first-order chi connectivity index (χ1) is 20.1. The number of ketones is 1. The van der Waals surface area contributed by atoms with Crippen molar-refractivity contribution in [1.29, 1.82) is 0 Å². The van der Waals surface area contributed by atoms with Crippen molar-refractivity contribution < 1.29 is 18.7 Å². The molecule has 0 unspecified atom stereocenters. The molecule has 3 aromatic rings. The van der Waals surface area contributed by atoms with Crippen LogP contribution in [-0.2, 0) is 4.43 Å². The Hall–Kier alpha value is -2.19. The molecule has 228 valence electrons. The Balaban J connectivity index is 1.32. The molecule has 2 heterocycles. The lowest BCUT2D eigenvalue weighted by Crippen LogP contribution is -2.44. The molecule has 1 saturated carbocycles. The highest BCUT2D eigenvalue weighted by atomic mass is 32.1. The van der Waals surface area contributed by atoms with E-state index < -0.39 is 8.32 Å². The number of hydrogen-bond donors (Lipinski definition) is 0. The quantitative estimate of drug-likeness (QED) is 0.170. The summed E-state index contributed by atoms with van der Waals surface area (Å²) in [7, 11) is -0.108. The predicted molar refractivity (Wildman–Crippen MR) is 177 cm³/mol. The topological polar surface area (TPSA) is 48.0 Å². The molecule has 0 amide bonds. The summed E-state index contributed by atoms with van der Waals surface area (Å²) in [5.74, 6) is 2.11. The molecule has 0 atom stereocenters. The molecule has 0 N–H and O–H groups in total. The number of carbonyl (C=O) groups excluding carboxylic acids is 1. The van der Waals surface area contributed by atoms with Gasteiger partial charge < -0.3 is 13.9 Å². The summed E-state index contributed by atoms with van der Waals surface area (Å²) >= 11 is 1.77. The third kappa shape index (κ3) is 7.12. The lowest BCUT2D eigenvalue weighted by Gasteiger charge is -2.41. The van der Waals surface area contributed by atoms with Crippen LogP contribution in [0.2, 0.25) is 18.1 Å². The van der Waals surface area contributed by atoms with Crippen LogP contribution in [-0.4, -0.2) is 58.5 Å². The second kappa shape index (κ2) is 13.2. The Morgan fingerprint density at radius 1 is 0.952 bits per heavy atom. The molecule has 42 heavy (non-hydrogen) atoms. The van der Waals surface area contributed by atoms with Gasteiger partial charge in [0.1, 0.15) is 18.1 Å². The van der Waals surface area contributed by atoms with Gasteiger partial charge in [0.05, 0.1) is 7.11 Å². The van der Waals surface area contributed by atoms with Gasteiger partial charge in [-0.05, 0) is 118 Å². The highest BCUT2D eigenvalue weighted by Crippen LogP contribution is 2.46. The fraction of sp³-hybridized carbons (Fsp3) is 0.571.